The van der Waals surface area contributed by atoms with Crippen LogP contribution in [0, 0.1) is 0 Å². The largest absolute Gasteiger partial charge is 0.462 e. The van der Waals surface area contributed by atoms with Crippen LogP contribution in [-0.2, 0) is 9.53 Å². The van der Waals surface area contributed by atoms with Crippen molar-refractivity contribution >= 4 is 44.4 Å². The van der Waals surface area contributed by atoms with Gasteiger partial charge in [0.25, 0.3) is 0 Å². The highest BCUT2D eigenvalue weighted by Crippen LogP contribution is 2.44. The quantitative estimate of drug-likeness (QED) is 0.345. The van der Waals surface area contributed by atoms with Crippen molar-refractivity contribution in [2.45, 2.75) is 50.3 Å². The topological polar surface area (TPSA) is 57.0 Å². The van der Waals surface area contributed by atoms with Gasteiger partial charge in [-0.1, -0.05) is 49.0 Å². The molecule has 1 aliphatic carbocycles. The number of esters is 1. The van der Waals surface area contributed by atoms with Crippen LogP contribution >= 0.6 is 27.7 Å². The minimum Gasteiger partial charge on any atom is -0.462 e. The van der Waals surface area contributed by atoms with Crippen molar-refractivity contribution in [1.82, 2.24) is 14.8 Å². The van der Waals surface area contributed by atoms with Crippen LogP contribution in [0.25, 0.3) is 16.5 Å². The zero-order valence-electron chi connectivity index (χ0n) is 15.9. The maximum atomic E-state index is 12.1. The monoisotopic (exact) mass is 459 g/mol. The number of thioether (sulfide) groups is 1. The summed E-state index contributed by atoms with van der Waals surface area (Å²) in [5.41, 5.74) is 2.42. The van der Waals surface area contributed by atoms with Crippen molar-refractivity contribution in [3.63, 3.8) is 0 Å². The van der Waals surface area contributed by atoms with Gasteiger partial charge in [-0.05, 0) is 65.1 Å². The summed E-state index contributed by atoms with van der Waals surface area (Å²) in [4.78, 5) is 12.1. The highest BCUT2D eigenvalue weighted by molar-refractivity contribution is 9.10. The van der Waals surface area contributed by atoms with E-state index >= 15 is 0 Å². The zero-order valence-corrected chi connectivity index (χ0v) is 18.3. The smallest absolute Gasteiger partial charge is 0.316 e. The molecule has 0 bridgehead atoms. The summed E-state index contributed by atoms with van der Waals surface area (Å²) in [6.45, 7) is 3.89. The number of benzene rings is 2. The molecule has 1 fully saturated rings. The molecule has 1 atom stereocenters. The lowest BCUT2D eigenvalue weighted by atomic mass is 9.99. The Morgan fingerprint density at radius 1 is 1.25 bits per heavy atom. The van der Waals surface area contributed by atoms with Gasteiger partial charge in [-0.3, -0.25) is 9.36 Å². The Balaban J connectivity index is 1.66. The molecule has 0 saturated heterocycles. The number of hydrogen-bond donors (Lipinski definition) is 0. The maximum absolute atomic E-state index is 12.1. The van der Waals surface area contributed by atoms with E-state index in [1.54, 1.807) is 0 Å². The second-order valence-electron chi connectivity index (χ2n) is 7.08. The average molecular weight is 460 g/mol. The van der Waals surface area contributed by atoms with Crippen LogP contribution in [0.5, 0.6) is 0 Å². The molecule has 0 aliphatic heterocycles. The Kier molecular flexibility index (Phi) is 5.73. The number of ether oxygens (including phenoxy) is 1. The van der Waals surface area contributed by atoms with Crippen molar-refractivity contribution in [1.29, 1.82) is 0 Å². The molecule has 1 saturated carbocycles. The molecular formula is C21H22BrN3O2S. The maximum Gasteiger partial charge on any atom is 0.316 e. The van der Waals surface area contributed by atoms with Crippen LogP contribution in [0.15, 0.2) is 46.3 Å². The lowest BCUT2D eigenvalue weighted by molar-refractivity contribution is -0.144. The zero-order chi connectivity index (χ0) is 19.7. The second-order valence-corrected chi connectivity index (χ2v) is 8.73. The van der Waals surface area contributed by atoms with Crippen molar-refractivity contribution in [2.75, 3.05) is 5.75 Å². The minimum atomic E-state index is -0.237. The number of aromatic nitrogens is 3. The second kappa shape index (κ2) is 8.25. The molecule has 0 N–H and O–H groups in total. The number of fused-ring (bicyclic) bond motifs is 1. The Bertz CT molecular complexity index is 1020. The van der Waals surface area contributed by atoms with E-state index in [9.17, 15) is 4.79 Å². The fourth-order valence-electron chi connectivity index (χ4n) is 3.27. The van der Waals surface area contributed by atoms with Crippen molar-refractivity contribution in [3.05, 3.63) is 46.7 Å². The lowest BCUT2D eigenvalue weighted by Crippen LogP contribution is -2.15. The number of nitrogens with zero attached hydrogens (tertiary/aromatic N) is 3. The van der Waals surface area contributed by atoms with Gasteiger partial charge >= 0.3 is 5.97 Å². The first kappa shape index (κ1) is 19.5. The van der Waals surface area contributed by atoms with Gasteiger partial charge in [0, 0.05) is 5.39 Å². The molecular weight excluding hydrogens is 438 g/mol. The highest BCUT2D eigenvalue weighted by Gasteiger charge is 2.26. The molecule has 0 radical (unpaired) electrons. The van der Waals surface area contributed by atoms with E-state index in [4.69, 9.17) is 4.74 Å². The minimum absolute atomic E-state index is 0.0726. The summed E-state index contributed by atoms with van der Waals surface area (Å²) in [5, 5.41) is 11.5. The Hall–Kier alpha value is -1.86. The van der Waals surface area contributed by atoms with Crippen molar-refractivity contribution in [2.24, 2.45) is 0 Å². The molecule has 1 aliphatic rings. The van der Waals surface area contributed by atoms with Crippen LogP contribution < -0.4 is 0 Å². The van der Waals surface area contributed by atoms with Crippen LogP contribution in [0.1, 0.15) is 44.6 Å². The van der Waals surface area contributed by atoms with Gasteiger partial charge in [-0.15, -0.1) is 10.2 Å². The average Bonchev–Trinajstić information content (AvgIpc) is 3.48. The molecule has 7 heteroatoms. The van der Waals surface area contributed by atoms with E-state index in [0.717, 1.165) is 17.5 Å². The first-order chi connectivity index (χ1) is 13.6. The van der Waals surface area contributed by atoms with Crippen LogP contribution in [-0.4, -0.2) is 32.6 Å². The Morgan fingerprint density at radius 2 is 2.00 bits per heavy atom. The normalized spacial score (nSPS) is 15.0. The number of hydrogen-bond acceptors (Lipinski definition) is 5. The molecule has 2 aromatic carbocycles. The molecule has 3 aromatic rings. The number of carbonyl (C=O) groups excluding carboxylic acids is 1. The fraction of sp³-hybridized carbons (Fsp3) is 0.381. The molecule has 28 heavy (non-hydrogen) atoms. The molecule has 5 nitrogen and oxygen atoms in total. The Morgan fingerprint density at radius 3 is 2.71 bits per heavy atom. The summed E-state index contributed by atoms with van der Waals surface area (Å²) in [5.74, 6) is 0.638. The van der Waals surface area contributed by atoms with Crippen LogP contribution in [0.2, 0.25) is 0 Å². The van der Waals surface area contributed by atoms with E-state index in [-0.39, 0.29) is 17.8 Å². The third kappa shape index (κ3) is 3.96. The van der Waals surface area contributed by atoms with Crippen LogP contribution in [0.4, 0.5) is 0 Å². The SMILES string of the molecule is CCC(C)OC(=O)CSc1nnc(Br)n1-c1ccc(C2CC2)c2ccccc12. The number of carbonyl (C=O) groups is 1. The summed E-state index contributed by atoms with van der Waals surface area (Å²) < 4.78 is 7.94. The molecule has 0 amide bonds. The third-order valence-electron chi connectivity index (χ3n) is 5.01. The molecule has 1 unspecified atom stereocenters. The van der Waals surface area contributed by atoms with Gasteiger partial charge in [-0.2, -0.15) is 0 Å². The van der Waals surface area contributed by atoms with E-state index in [2.05, 4.69) is 62.5 Å². The van der Waals surface area contributed by atoms with E-state index in [1.807, 2.05) is 18.4 Å². The summed E-state index contributed by atoms with van der Waals surface area (Å²) in [6, 6.07) is 12.8. The first-order valence-corrected chi connectivity index (χ1v) is 11.3. The van der Waals surface area contributed by atoms with Gasteiger partial charge in [-0.25, -0.2) is 0 Å². The first-order valence-electron chi connectivity index (χ1n) is 9.53. The number of halogens is 1. The summed E-state index contributed by atoms with van der Waals surface area (Å²) in [7, 11) is 0. The summed E-state index contributed by atoms with van der Waals surface area (Å²) in [6.07, 6.45) is 3.26. The van der Waals surface area contributed by atoms with E-state index in [0.29, 0.717) is 15.8 Å². The van der Waals surface area contributed by atoms with Gasteiger partial charge < -0.3 is 4.74 Å². The Labute approximate surface area is 177 Å². The van der Waals surface area contributed by atoms with Crippen molar-refractivity contribution in [3.8, 4) is 5.69 Å². The molecule has 0 spiro atoms. The predicted octanol–water partition coefficient (Wildman–Crippen LogP) is 5.49. The van der Waals surface area contributed by atoms with E-state index in [1.165, 1.54) is 35.6 Å². The fourth-order valence-corrected chi connectivity index (χ4v) is 4.55. The van der Waals surface area contributed by atoms with Gasteiger partial charge in [0.1, 0.15) is 0 Å². The predicted molar refractivity (Wildman–Crippen MR) is 115 cm³/mol. The van der Waals surface area contributed by atoms with Gasteiger partial charge in [0.05, 0.1) is 17.5 Å². The number of rotatable bonds is 7. The molecule has 1 aromatic heterocycles. The lowest BCUT2D eigenvalue weighted by Gasteiger charge is -2.14. The molecule has 4 rings (SSSR count). The van der Waals surface area contributed by atoms with E-state index < -0.39 is 0 Å². The summed E-state index contributed by atoms with van der Waals surface area (Å²) >= 11 is 4.86. The molecule has 1 heterocycles. The van der Waals surface area contributed by atoms with Crippen molar-refractivity contribution < 1.29 is 9.53 Å². The van der Waals surface area contributed by atoms with Gasteiger partial charge in [0.15, 0.2) is 5.16 Å². The highest BCUT2D eigenvalue weighted by atomic mass is 79.9. The third-order valence-corrected chi connectivity index (χ3v) is 6.43. The standard InChI is InChI=1S/C21H22BrN3O2S/c1-3-13(2)27-19(26)12-28-21-24-23-20(22)25(21)18-11-10-15(14-8-9-14)16-6-4-5-7-17(16)18/h4-7,10-11,13-14H,3,8-9,12H2,1-2H3. The van der Waals surface area contributed by atoms with Gasteiger partial charge in [0.2, 0.25) is 4.73 Å². The molecule has 146 valence electrons. The van der Waals surface area contributed by atoms with Crippen LogP contribution in [0.3, 0.4) is 0 Å².